The molecule has 1 aromatic rings. The molecule has 16 heavy (non-hydrogen) atoms. The predicted molar refractivity (Wildman–Crippen MR) is 74.1 cm³/mol. The average molecular weight is 332 g/mol. The standard InChI is InChI=1S/C9H13IN6/c10-6-3-5(4-15-8(11)12)1-2-7(6)16-9(13)14/h1-3H,4H2,(H4,11,12,15)(H4,13,14,16). The molecule has 0 unspecified atom stereocenters. The minimum Gasteiger partial charge on any atom is -0.370 e. The number of guanidine groups is 2. The first-order valence-electron chi connectivity index (χ1n) is 4.42. The van der Waals surface area contributed by atoms with Crippen LogP contribution in [0.3, 0.4) is 0 Å². The summed E-state index contributed by atoms with van der Waals surface area (Å²) in [6.45, 7) is 0.445. The van der Waals surface area contributed by atoms with E-state index in [0.29, 0.717) is 6.54 Å². The van der Waals surface area contributed by atoms with Crippen molar-refractivity contribution in [2.75, 3.05) is 0 Å². The minimum atomic E-state index is 0.0369. The van der Waals surface area contributed by atoms with Crippen molar-refractivity contribution in [3.05, 3.63) is 27.3 Å². The number of hydrogen-bond acceptors (Lipinski definition) is 2. The van der Waals surface area contributed by atoms with Crippen molar-refractivity contribution >= 4 is 40.2 Å². The third-order valence-electron chi connectivity index (χ3n) is 1.71. The van der Waals surface area contributed by atoms with Crippen LogP contribution < -0.4 is 22.9 Å². The zero-order chi connectivity index (χ0) is 12.1. The van der Waals surface area contributed by atoms with Gasteiger partial charge < -0.3 is 22.9 Å². The molecule has 0 radical (unpaired) electrons. The molecule has 0 aromatic heterocycles. The van der Waals surface area contributed by atoms with Crippen LogP contribution in [-0.4, -0.2) is 11.9 Å². The van der Waals surface area contributed by atoms with Crippen LogP contribution in [0.2, 0.25) is 0 Å². The fourth-order valence-corrected chi connectivity index (χ4v) is 1.76. The zero-order valence-electron chi connectivity index (χ0n) is 8.52. The Kier molecular flexibility index (Phi) is 4.35. The monoisotopic (exact) mass is 332 g/mol. The van der Waals surface area contributed by atoms with Crippen molar-refractivity contribution < 1.29 is 0 Å². The van der Waals surface area contributed by atoms with Gasteiger partial charge in [0.1, 0.15) is 0 Å². The van der Waals surface area contributed by atoms with Gasteiger partial charge >= 0.3 is 0 Å². The van der Waals surface area contributed by atoms with Crippen LogP contribution in [0.25, 0.3) is 0 Å². The summed E-state index contributed by atoms with van der Waals surface area (Å²) in [4.78, 5) is 7.89. The summed E-state index contributed by atoms with van der Waals surface area (Å²) in [7, 11) is 0. The Hall–Kier alpha value is -1.51. The van der Waals surface area contributed by atoms with Crippen molar-refractivity contribution in [2.45, 2.75) is 6.54 Å². The second-order valence-electron chi connectivity index (χ2n) is 3.06. The Balaban J connectivity index is 2.91. The first kappa shape index (κ1) is 12.6. The highest BCUT2D eigenvalue weighted by atomic mass is 127. The van der Waals surface area contributed by atoms with Crippen molar-refractivity contribution in [3.8, 4) is 0 Å². The molecule has 0 atom stereocenters. The molecule has 0 aliphatic carbocycles. The molecule has 0 bridgehead atoms. The van der Waals surface area contributed by atoms with Crippen molar-refractivity contribution in [1.29, 1.82) is 0 Å². The van der Waals surface area contributed by atoms with Gasteiger partial charge in [0.25, 0.3) is 0 Å². The van der Waals surface area contributed by atoms with Crippen LogP contribution in [0.4, 0.5) is 5.69 Å². The molecule has 0 amide bonds. The number of nitrogens with two attached hydrogens (primary N) is 4. The maximum absolute atomic E-state index is 5.30. The summed E-state index contributed by atoms with van der Waals surface area (Å²) >= 11 is 2.15. The molecule has 8 N–H and O–H groups in total. The maximum Gasteiger partial charge on any atom is 0.191 e. The van der Waals surface area contributed by atoms with Gasteiger partial charge in [-0.2, -0.15) is 0 Å². The molecule has 0 heterocycles. The summed E-state index contributed by atoms with van der Waals surface area (Å²) in [5.41, 5.74) is 22.8. The van der Waals surface area contributed by atoms with Crippen LogP contribution in [0.15, 0.2) is 28.2 Å². The van der Waals surface area contributed by atoms with Gasteiger partial charge in [-0.25, -0.2) is 9.98 Å². The molecular formula is C9H13IN6. The van der Waals surface area contributed by atoms with E-state index in [-0.39, 0.29) is 11.9 Å². The smallest absolute Gasteiger partial charge is 0.191 e. The van der Waals surface area contributed by atoms with Crippen molar-refractivity contribution in [1.82, 2.24) is 0 Å². The first-order valence-corrected chi connectivity index (χ1v) is 5.50. The Labute approximate surface area is 107 Å². The van der Waals surface area contributed by atoms with E-state index in [4.69, 9.17) is 22.9 Å². The van der Waals surface area contributed by atoms with Crippen LogP contribution in [0, 0.1) is 3.57 Å². The number of nitrogens with zero attached hydrogens (tertiary/aromatic N) is 2. The highest BCUT2D eigenvalue weighted by Crippen LogP contribution is 2.22. The molecule has 0 saturated carbocycles. The molecule has 0 saturated heterocycles. The van der Waals surface area contributed by atoms with Gasteiger partial charge in [-0.1, -0.05) is 6.07 Å². The van der Waals surface area contributed by atoms with E-state index in [9.17, 15) is 0 Å². The maximum atomic E-state index is 5.30. The van der Waals surface area contributed by atoms with E-state index in [1.54, 1.807) is 0 Å². The molecule has 86 valence electrons. The van der Waals surface area contributed by atoms with E-state index < -0.39 is 0 Å². The van der Waals surface area contributed by atoms with Crippen LogP contribution in [0.1, 0.15) is 5.56 Å². The third kappa shape index (κ3) is 3.93. The summed E-state index contributed by atoms with van der Waals surface area (Å²) in [6.07, 6.45) is 0. The summed E-state index contributed by atoms with van der Waals surface area (Å²) < 4.78 is 0.939. The number of hydrogen-bond donors (Lipinski definition) is 4. The van der Waals surface area contributed by atoms with Crippen molar-refractivity contribution in [3.63, 3.8) is 0 Å². The van der Waals surface area contributed by atoms with Gasteiger partial charge in [0, 0.05) is 3.57 Å². The van der Waals surface area contributed by atoms with Crippen LogP contribution in [-0.2, 0) is 6.54 Å². The Morgan fingerprint density at radius 2 is 1.81 bits per heavy atom. The van der Waals surface area contributed by atoms with Gasteiger partial charge in [-0.15, -0.1) is 0 Å². The molecule has 1 rings (SSSR count). The largest absolute Gasteiger partial charge is 0.370 e. The second kappa shape index (κ2) is 5.54. The van der Waals surface area contributed by atoms with Gasteiger partial charge in [0.05, 0.1) is 12.2 Å². The summed E-state index contributed by atoms with van der Waals surface area (Å²) in [5.74, 6) is 0.109. The quantitative estimate of drug-likeness (QED) is 0.352. The lowest BCUT2D eigenvalue weighted by molar-refractivity contribution is 1.05. The Bertz CT molecular complexity index is 432. The Morgan fingerprint density at radius 3 is 2.31 bits per heavy atom. The Morgan fingerprint density at radius 1 is 1.12 bits per heavy atom. The van der Waals surface area contributed by atoms with Gasteiger partial charge in [-0.05, 0) is 40.3 Å². The summed E-state index contributed by atoms with van der Waals surface area (Å²) in [6, 6.07) is 5.62. The lowest BCUT2D eigenvalue weighted by atomic mass is 10.2. The van der Waals surface area contributed by atoms with E-state index in [1.165, 1.54) is 0 Å². The molecule has 0 aliphatic rings. The minimum absolute atomic E-state index is 0.0369. The zero-order valence-corrected chi connectivity index (χ0v) is 10.7. The predicted octanol–water partition coefficient (Wildman–Crippen LogP) is -0.0305. The van der Waals surface area contributed by atoms with Crippen molar-refractivity contribution in [2.24, 2.45) is 32.9 Å². The van der Waals surface area contributed by atoms with E-state index in [2.05, 4.69) is 32.6 Å². The van der Waals surface area contributed by atoms with Crippen LogP contribution >= 0.6 is 22.6 Å². The number of rotatable bonds is 3. The lowest BCUT2D eigenvalue weighted by Crippen LogP contribution is -2.22. The molecule has 7 heteroatoms. The highest BCUT2D eigenvalue weighted by molar-refractivity contribution is 14.1. The number of halogens is 1. The fraction of sp³-hybridized carbons (Fsp3) is 0.111. The fourth-order valence-electron chi connectivity index (χ4n) is 1.06. The normalized spacial score (nSPS) is 9.56. The molecule has 0 aliphatic heterocycles. The average Bonchev–Trinajstić information content (AvgIpc) is 2.18. The molecule has 6 nitrogen and oxygen atoms in total. The second-order valence-corrected chi connectivity index (χ2v) is 4.23. The van der Waals surface area contributed by atoms with E-state index in [1.807, 2.05) is 18.2 Å². The molecule has 0 fully saturated rings. The highest BCUT2D eigenvalue weighted by Gasteiger charge is 2.00. The number of aliphatic imine (C=N–C) groups is 2. The number of benzene rings is 1. The molecular weight excluding hydrogens is 319 g/mol. The van der Waals surface area contributed by atoms with E-state index >= 15 is 0 Å². The molecule has 0 spiro atoms. The van der Waals surface area contributed by atoms with Gasteiger partial charge in [-0.3, -0.25) is 0 Å². The first-order chi connectivity index (χ1) is 7.49. The van der Waals surface area contributed by atoms with Gasteiger partial charge in [0.2, 0.25) is 0 Å². The third-order valence-corrected chi connectivity index (χ3v) is 2.57. The molecule has 1 aromatic carbocycles. The summed E-state index contributed by atoms with van der Waals surface area (Å²) in [5, 5.41) is 0. The SMILES string of the molecule is NC(N)=NCc1ccc(N=C(N)N)c(I)c1. The van der Waals surface area contributed by atoms with Crippen LogP contribution in [0.5, 0.6) is 0 Å². The van der Waals surface area contributed by atoms with E-state index in [0.717, 1.165) is 14.8 Å². The van der Waals surface area contributed by atoms with Gasteiger partial charge in [0.15, 0.2) is 11.9 Å². The topological polar surface area (TPSA) is 129 Å². The lowest BCUT2D eigenvalue weighted by Gasteiger charge is -2.02.